The third kappa shape index (κ3) is 5.85. The first-order valence-corrected chi connectivity index (χ1v) is 10.9. The minimum Gasteiger partial charge on any atom is -0.367 e. The van der Waals surface area contributed by atoms with Crippen molar-refractivity contribution < 1.29 is 4.79 Å². The summed E-state index contributed by atoms with van der Waals surface area (Å²) in [4.78, 5) is 14.7. The zero-order valence-electron chi connectivity index (χ0n) is 19.2. The van der Waals surface area contributed by atoms with Crippen LogP contribution in [0.3, 0.4) is 0 Å². The van der Waals surface area contributed by atoms with Crippen LogP contribution >= 0.6 is 0 Å². The molecule has 1 aromatic rings. The normalized spacial score (nSPS) is 16.0. The molecular weight excluding hydrogens is 372 g/mol. The van der Waals surface area contributed by atoms with Crippen LogP contribution in [0.5, 0.6) is 0 Å². The maximum absolute atomic E-state index is 12.5. The Kier molecular flexibility index (Phi) is 8.90. The van der Waals surface area contributed by atoms with Gasteiger partial charge in [0.1, 0.15) is 0 Å². The second-order valence-electron chi connectivity index (χ2n) is 7.48. The van der Waals surface area contributed by atoms with Crippen LogP contribution in [0.2, 0.25) is 0 Å². The molecule has 0 bridgehead atoms. The van der Waals surface area contributed by atoms with Crippen molar-refractivity contribution in [3.8, 4) is 0 Å². The van der Waals surface area contributed by atoms with Gasteiger partial charge in [0.05, 0.1) is 11.8 Å². The summed E-state index contributed by atoms with van der Waals surface area (Å²) >= 11 is 0. The summed E-state index contributed by atoms with van der Waals surface area (Å²) < 4.78 is 1.94. The molecule has 0 radical (unpaired) electrons. The maximum Gasteiger partial charge on any atom is 0.253 e. The van der Waals surface area contributed by atoms with Crippen molar-refractivity contribution in [1.29, 1.82) is 0 Å². The fourth-order valence-electron chi connectivity index (χ4n) is 3.62. The fourth-order valence-corrected chi connectivity index (χ4v) is 3.62. The molecule has 5 nitrogen and oxygen atoms in total. The number of nitrogens with zero attached hydrogens (tertiary/aromatic N) is 3. The summed E-state index contributed by atoms with van der Waals surface area (Å²) in [6.07, 6.45) is 14.5. The Morgan fingerprint density at radius 2 is 2.07 bits per heavy atom. The van der Waals surface area contributed by atoms with E-state index in [1.807, 2.05) is 31.6 Å². The molecule has 0 saturated carbocycles. The van der Waals surface area contributed by atoms with E-state index in [1.54, 1.807) is 0 Å². The first kappa shape index (κ1) is 23.5. The minimum atomic E-state index is -0.0228. The van der Waals surface area contributed by atoms with Gasteiger partial charge in [0, 0.05) is 43.6 Å². The van der Waals surface area contributed by atoms with Gasteiger partial charge in [-0.25, -0.2) is 0 Å². The number of hydrogen-bond acceptors (Lipinski definition) is 3. The first-order valence-electron chi connectivity index (χ1n) is 10.9. The summed E-state index contributed by atoms with van der Waals surface area (Å²) in [7, 11) is 0. The quantitative estimate of drug-likeness (QED) is 0.593. The number of hydrogen-bond donors (Lipinski definition) is 1. The largest absolute Gasteiger partial charge is 0.367 e. The van der Waals surface area contributed by atoms with Crippen LogP contribution < -0.4 is 5.32 Å². The van der Waals surface area contributed by atoms with E-state index in [1.165, 1.54) is 5.57 Å². The number of amides is 1. The molecule has 2 rings (SSSR count). The Bertz CT molecular complexity index is 883. The van der Waals surface area contributed by atoms with Crippen LogP contribution in [0, 0.1) is 0 Å². The van der Waals surface area contributed by atoms with Crippen LogP contribution in [0.15, 0.2) is 65.7 Å². The monoisotopic (exact) mass is 408 g/mol. The second kappa shape index (κ2) is 11.4. The third-order valence-corrected chi connectivity index (χ3v) is 5.34. The van der Waals surface area contributed by atoms with Crippen molar-refractivity contribution in [2.24, 2.45) is 0 Å². The molecule has 2 heterocycles. The van der Waals surface area contributed by atoms with Gasteiger partial charge >= 0.3 is 0 Å². The van der Waals surface area contributed by atoms with Gasteiger partial charge in [-0.3, -0.25) is 9.48 Å². The highest BCUT2D eigenvalue weighted by molar-refractivity contribution is 5.98. The molecule has 0 fully saturated rings. The van der Waals surface area contributed by atoms with E-state index < -0.39 is 0 Å². The maximum atomic E-state index is 12.5. The van der Waals surface area contributed by atoms with Gasteiger partial charge in [-0.1, -0.05) is 43.4 Å². The molecule has 5 heteroatoms. The fraction of sp³-hybridized carbons (Fsp3) is 0.440. The molecule has 0 atom stereocenters. The van der Waals surface area contributed by atoms with E-state index in [9.17, 15) is 4.79 Å². The van der Waals surface area contributed by atoms with Crippen LogP contribution in [0.25, 0.3) is 5.57 Å². The van der Waals surface area contributed by atoms with Gasteiger partial charge in [-0.05, 0) is 51.7 Å². The number of likely N-dealkylation sites (N-methyl/N-ethyl adjacent to an activating group) is 1. The van der Waals surface area contributed by atoms with Gasteiger partial charge in [0.2, 0.25) is 0 Å². The average Bonchev–Trinajstić information content (AvgIpc) is 3.20. The summed E-state index contributed by atoms with van der Waals surface area (Å²) in [5.41, 5.74) is 6.15. The first-order chi connectivity index (χ1) is 14.4. The van der Waals surface area contributed by atoms with Gasteiger partial charge in [0.25, 0.3) is 5.91 Å². The zero-order chi connectivity index (χ0) is 22.1. The van der Waals surface area contributed by atoms with Gasteiger partial charge in [-0.2, -0.15) is 5.10 Å². The molecule has 1 N–H and O–H groups in total. The zero-order valence-corrected chi connectivity index (χ0v) is 19.2. The lowest BCUT2D eigenvalue weighted by atomic mass is 9.97. The van der Waals surface area contributed by atoms with Crippen LogP contribution in [-0.2, 0) is 11.3 Å². The number of carbonyl (C=O) groups is 1. The van der Waals surface area contributed by atoms with Crippen LogP contribution in [0.4, 0.5) is 0 Å². The van der Waals surface area contributed by atoms with Crippen LogP contribution in [-0.4, -0.2) is 40.2 Å². The highest BCUT2D eigenvalue weighted by Crippen LogP contribution is 2.27. The van der Waals surface area contributed by atoms with E-state index in [-0.39, 0.29) is 5.91 Å². The van der Waals surface area contributed by atoms with Crippen LogP contribution in [0.1, 0.15) is 53.0 Å². The highest BCUT2D eigenvalue weighted by Gasteiger charge is 2.25. The molecule has 30 heavy (non-hydrogen) atoms. The second-order valence-corrected chi connectivity index (χ2v) is 7.48. The molecule has 0 aromatic carbocycles. The Hall–Kier alpha value is -2.82. The third-order valence-electron chi connectivity index (χ3n) is 5.34. The van der Waals surface area contributed by atoms with Gasteiger partial charge < -0.3 is 10.2 Å². The molecule has 1 aliphatic heterocycles. The standard InChI is InChI=1S/C25H36N4O/c1-7-11-21(12-13-22(8-2)23-16-27-29(10-4)18-23)17-28-15-14-19(5)24(20(28)6)25(30)26-9-3/h8,11-13,16,18H,6-7,9-10,14-15,17H2,1-5H3,(H,26,30)/b13-12-,21-11+,22-8+. The number of nitrogens with one attached hydrogen (secondary N) is 1. The summed E-state index contributed by atoms with van der Waals surface area (Å²) in [6.45, 7) is 17.6. The lowest BCUT2D eigenvalue weighted by Crippen LogP contribution is -2.36. The van der Waals surface area contributed by atoms with E-state index in [4.69, 9.17) is 0 Å². The van der Waals surface area contributed by atoms with E-state index in [0.29, 0.717) is 6.54 Å². The summed E-state index contributed by atoms with van der Waals surface area (Å²) in [5, 5.41) is 7.30. The SMILES string of the molecule is C=C1C(C(=O)NCC)=C(C)CCN1CC(/C=C\C(=C/C)c1cnn(CC)c1)=C/CC. The van der Waals surface area contributed by atoms with E-state index >= 15 is 0 Å². The van der Waals surface area contributed by atoms with E-state index in [2.05, 4.69) is 66.2 Å². The number of aromatic nitrogens is 2. The smallest absolute Gasteiger partial charge is 0.253 e. The molecule has 0 saturated heterocycles. The summed E-state index contributed by atoms with van der Waals surface area (Å²) in [5.74, 6) is -0.0228. The Labute approximate surface area is 181 Å². The van der Waals surface area contributed by atoms with Crippen molar-refractivity contribution in [3.05, 3.63) is 71.3 Å². The molecule has 1 aliphatic rings. The molecule has 1 aromatic heterocycles. The Morgan fingerprint density at radius 3 is 2.67 bits per heavy atom. The topological polar surface area (TPSA) is 50.2 Å². The number of rotatable bonds is 9. The molecule has 0 aliphatic carbocycles. The van der Waals surface area contributed by atoms with Crippen molar-refractivity contribution in [2.75, 3.05) is 19.6 Å². The van der Waals surface area contributed by atoms with Crippen molar-refractivity contribution >= 4 is 11.5 Å². The number of allylic oxidation sites excluding steroid dienone is 4. The molecule has 1 amide bonds. The van der Waals surface area contributed by atoms with Crippen molar-refractivity contribution in [2.45, 2.75) is 54.0 Å². The number of aryl methyl sites for hydroxylation is 1. The van der Waals surface area contributed by atoms with E-state index in [0.717, 1.165) is 60.5 Å². The van der Waals surface area contributed by atoms with Crippen molar-refractivity contribution in [1.82, 2.24) is 20.0 Å². The lowest BCUT2D eigenvalue weighted by Gasteiger charge is -2.33. The minimum absolute atomic E-state index is 0.0228. The predicted octanol–water partition coefficient (Wildman–Crippen LogP) is 4.87. The molecule has 0 unspecified atom stereocenters. The number of carbonyl (C=O) groups excluding carboxylic acids is 1. The Morgan fingerprint density at radius 1 is 1.30 bits per heavy atom. The van der Waals surface area contributed by atoms with Crippen molar-refractivity contribution in [3.63, 3.8) is 0 Å². The lowest BCUT2D eigenvalue weighted by molar-refractivity contribution is -0.117. The molecule has 0 spiro atoms. The van der Waals surface area contributed by atoms with Gasteiger partial charge in [0.15, 0.2) is 0 Å². The Balaban J connectivity index is 2.17. The average molecular weight is 409 g/mol. The van der Waals surface area contributed by atoms with Gasteiger partial charge in [-0.15, -0.1) is 0 Å². The molecule has 162 valence electrons. The summed E-state index contributed by atoms with van der Waals surface area (Å²) in [6, 6.07) is 0. The highest BCUT2D eigenvalue weighted by atomic mass is 16.1. The molecular formula is C25H36N4O. The predicted molar refractivity (Wildman–Crippen MR) is 126 cm³/mol.